The third kappa shape index (κ3) is 5.49. The van der Waals surface area contributed by atoms with Crippen LogP contribution in [-0.2, 0) is 4.74 Å². The molecule has 0 radical (unpaired) electrons. The fourth-order valence-corrected chi connectivity index (χ4v) is 3.18. The van der Waals surface area contributed by atoms with Gasteiger partial charge in [0.15, 0.2) is 0 Å². The van der Waals surface area contributed by atoms with Crippen LogP contribution in [0.4, 0.5) is 16.2 Å². The molecule has 26 heavy (non-hydrogen) atoms. The molecule has 1 aliphatic carbocycles. The molecular weight excluding hydrogens is 358 g/mol. The van der Waals surface area contributed by atoms with Gasteiger partial charge in [-0.2, -0.15) is 0 Å². The number of rotatable bonds is 6. The highest BCUT2D eigenvalue weighted by Gasteiger charge is 2.31. The van der Waals surface area contributed by atoms with Crippen molar-refractivity contribution in [3.05, 3.63) is 33.3 Å². The SMILES string of the molecule is CN(CCC1CC(Nc2cccc(Cl)c2[N+](=O)[O-])C1)C(=O)OC(C)(C)C.[HH]. The highest BCUT2D eigenvalue weighted by Crippen LogP contribution is 2.37. The number of nitrogens with zero attached hydrogens (tertiary/aromatic N) is 2. The van der Waals surface area contributed by atoms with Crippen LogP contribution < -0.4 is 5.32 Å². The molecule has 0 atom stereocenters. The van der Waals surface area contributed by atoms with Crippen LogP contribution in [0.2, 0.25) is 5.02 Å². The molecule has 1 saturated carbocycles. The minimum Gasteiger partial charge on any atom is -0.444 e. The van der Waals surface area contributed by atoms with Crippen molar-refractivity contribution >= 4 is 29.1 Å². The lowest BCUT2D eigenvalue weighted by Gasteiger charge is -2.37. The fourth-order valence-electron chi connectivity index (χ4n) is 2.93. The van der Waals surface area contributed by atoms with Crippen LogP contribution in [-0.4, -0.2) is 41.2 Å². The standard InChI is InChI=1S/C18H26ClN3O4.H2/c1-18(2,3)26-17(23)21(4)9-8-12-10-13(11-12)20-15-7-5-6-14(19)16(15)22(24)25;/h5-7,12-13,20H,8-11H2,1-4H3;1H. The monoisotopic (exact) mass is 385 g/mol. The van der Waals surface area contributed by atoms with Crippen LogP contribution in [0.5, 0.6) is 0 Å². The molecule has 1 aliphatic rings. The summed E-state index contributed by atoms with van der Waals surface area (Å²) in [5.41, 5.74) is -0.123. The number of carbonyl (C=O) groups is 1. The molecule has 0 spiro atoms. The van der Waals surface area contributed by atoms with Crippen LogP contribution in [0, 0.1) is 16.0 Å². The number of benzene rings is 1. The summed E-state index contributed by atoms with van der Waals surface area (Å²) in [7, 11) is 1.73. The minimum atomic E-state index is -0.498. The first kappa shape index (κ1) is 20.3. The Kier molecular flexibility index (Phi) is 6.34. The van der Waals surface area contributed by atoms with Gasteiger partial charge >= 0.3 is 11.8 Å². The molecule has 8 heteroatoms. The summed E-state index contributed by atoms with van der Waals surface area (Å²) in [5, 5.41) is 14.5. The van der Waals surface area contributed by atoms with Gasteiger partial charge in [0.25, 0.3) is 0 Å². The summed E-state index contributed by atoms with van der Waals surface area (Å²) in [5.74, 6) is 0.482. The van der Waals surface area contributed by atoms with E-state index in [4.69, 9.17) is 16.3 Å². The summed E-state index contributed by atoms with van der Waals surface area (Å²) < 4.78 is 5.33. The molecule has 2 rings (SSSR count). The minimum absolute atomic E-state index is 0. The van der Waals surface area contributed by atoms with Crippen LogP contribution in [0.25, 0.3) is 0 Å². The quantitative estimate of drug-likeness (QED) is 0.553. The molecule has 1 aromatic rings. The topological polar surface area (TPSA) is 84.7 Å². The average Bonchev–Trinajstić information content (AvgIpc) is 2.46. The maximum atomic E-state index is 11.9. The fraction of sp³-hybridized carbons (Fsp3) is 0.611. The van der Waals surface area contributed by atoms with E-state index in [-0.39, 0.29) is 24.3 Å². The molecule has 0 bridgehead atoms. The Morgan fingerprint density at radius 1 is 1.46 bits per heavy atom. The zero-order chi connectivity index (χ0) is 19.5. The largest absolute Gasteiger partial charge is 0.444 e. The number of ether oxygens (including phenoxy) is 1. The first-order valence-corrected chi connectivity index (χ1v) is 9.08. The number of halogens is 1. The van der Waals surface area contributed by atoms with Crippen molar-refractivity contribution in [2.45, 2.75) is 51.7 Å². The molecule has 146 valence electrons. The molecular formula is C18H28ClN3O4. The van der Waals surface area contributed by atoms with Gasteiger partial charge in [-0.3, -0.25) is 10.1 Å². The number of para-hydroxylation sites is 1. The highest BCUT2D eigenvalue weighted by atomic mass is 35.5. The number of nitrogens with one attached hydrogen (secondary N) is 1. The lowest BCUT2D eigenvalue weighted by atomic mass is 9.78. The van der Waals surface area contributed by atoms with Gasteiger partial charge in [-0.25, -0.2) is 4.79 Å². The second-order valence-electron chi connectivity index (χ2n) is 7.76. The number of hydrogen-bond acceptors (Lipinski definition) is 5. The number of hydrogen-bond donors (Lipinski definition) is 1. The van der Waals surface area contributed by atoms with E-state index in [1.54, 1.807) is 24.1 Å². The van der Waals surface area contributed by atoms with Crippen molar-refractivity contribution in [3.8, 4) is 0 Å². The maximum absolute atomic E-state index is 11.9. The molecule has 0 saturated heterocycles. The molecule has 1 amide bonds. The van der Waals surface area contributed by atoms with E-state index >= 15 is 0 Å². The summed E-state index contributed by atoms with van der Waals surface area (Å²) in [6.07, 6.45) is 2.38. The lowest BCUT2D eigenvalue weighted by molar-refractivity contribution is -0.383. The first-order valence-electron chi connectivity index (χ1n) is 8.70. The molecule has 0 unspecified atom stereocenters. The van der Waals surface area contributed by atoms with Crippen LogP contribution in [0.15, 0.2) is 18.2 Å². The van der Waals surface area contributed by atoms with E-state index in [1.165, 1.54) is 6.07 Å². The van der Waals surface area contributed by atoms with Gasteiger partial charge < -0.3 is 15.0 Å². The zero-order valence-corrected chi connectivity index (χ0v) is 16.4. The van der Waals surface area contributed by atoms with E-state index in [0.29, 0.717) is 18.2 Å². The summed E-state index contributed by atoms with van der Waals surface area (Å²) in [6, 6.07) is 5.07. The Balaban J connectivity index is 0.00000364. The molecule has 7 nitrogen and oxygen atoms in total. The van der Waals surface area contributed by atoms with Crippen LogP contribution in [0.3, 0.4) is 0 Å². The number of carbonyl (C=O) groups excluding carboxylic acids is 1. The second kappa shape index (κ2) is 8.12. The Morgan fingerprint density at radius 2 is 2.12 bits per heavy atom. The number of anilines is 1. The number of nitro groups is 1. The molecule has 1 fully saturated rings. The van der Waals surface area contributed by atoms with Crippen molar-refractivity contribution in [1.82, 2.24) is 4.90 Å². The third-order valence-corrected chi connectivity index (χ3v) is 4.65. The number of nitro benzene ring substituents is 1. The summed E-state index contributed by atoms with van der Waals surface area (Å²) >= 11 is 5.93. The average molecular weight is 386 g/mol. The van der Waals surface area contributed by atoms with E-state index in [0.717, 1.165) is 19.3 Å². The van der Waals surface area contributed by atoms with Gasteiger partial charge in [0.1, 0.15) is 16.3 Å². The van der Waals surface area contributed by atoms with Gasteiger partial charge in [-0.1, -0.05) is 17.7 Å². The molecule has 1 N–H and O–H groups in total. The predicted octanol–water partition coefficient (Wildman–Crippen LogP) is 4.94. The molecule has 0 aromatic heterocycles. The lowest BCUT2D eigenvalue weighted by Crippen LogP contribution is -2.39. The van der Waals surface area contributed by atoms with Crippen molar-refractivity contribution in [3.63, 3.8) is 0 Å². The van der Waals surface area contributed by atoms with E-state index in [9.17, 15) is 14.9 Å². The smallest absolute Gasteiger partial charge is 0.410 e. The van der Waals surface area contributed by atoms with Gasteiger partial charge in [0, 0.05) is 21.1 Å². The van der Waals surface area contributed by atoms with Crippen LogP contribution >= 0.6 is 11.6 Å². The normalized spacial score (nSPS) is 19.4. The Hall–Kier alpha value is -2.02. The molecule has 0 heterocycles. The summed E-state index contributed by atoms with van der Waals surface area (Å²) in [4.78, 5) is 24.2. The first-order chi connectivity index (χ1) is 12.1. The predicted molar refractivity (Wildman–Crippen MR) is 104 cm³/mol. The van der Waals surface area contributed by atoms with E-state index < -0.39 is 10.5 Å². The van der Waals surface area contributed by atoms with Gasteiger partial charge in [0.05, 0.1) is 4.92 Å². The Bertz CT molecular complexity index is 675. The van der Waals surface area contributed by atoms with Gasteiger partial charge in [-0.05, 0) is 58.1 Å². The van der Waals surface area contributed by atoms with E-state index in [2.05, 4.69) is 5.32 Å². The Labute approximate surface area is 160 Å². The molecule has 0 aliphatic heterocycles. The molecule has 1 aromatic carbocycles. The van der Waals surface area contributed by atoms with Gasteiger partial charge in [0.2, 0.25) is 0 Å². The van der Waals surface area contributed by atoms with Crippen molar-refractivity contribution < 1.29 is 15.9 Å². The summed E-state index contributed by atoms with van der Waals surface area (Å²) in [6.45, 7) is 6.16. The van der Waals surface area contributed by atoms with Crippen molar-refractivity contribution in [2.24, 2.45) is 5.92 Å². The van der Waals surface area contributed by atoms with Crippen molar-refractivity contribution in [2.75, 3.05) is 18.9 Å². The number of amides is 1. The second-order valence-corrected chi connectivity index (χ2v) is 8.17. The van der Waals surface area contributed by atoms with Crippen molar-refractivity contribution in [1.29, 1.82) is 0 Å². The van der Waals surface area contributed by atoms with E-state index in [1.807, 2.05) is 20.8 Å². The van der Waals surface area contributed by atoms with Crippen LogP contribution in [0.1, 0.15) is 41.5 Å². The van der Waals surface area contributed by atoms with Gasteiger partial charge in [-0.15, -0.1) is 0 Å². The zero-order valence-electron chi connectivity index (χ0n) is 15.6. The maximum Gasteiger partial charge on any atom is 0.410 e. The highest BCUT2D eigenvalue weighted by molar-refractivity contribution is 6.33. The Morgan fingerprint density at radius 3 is 2.69 bits per heavy atom. The third-order valence-electron chi connectivity index (χ3n) is 4.34.